The topological polar surface area (TPSA) is 79.7 Å². The fourth-order valence-corrected chi connectivity index (χ4v) is 3.71. The van der Waals surface area contributed by atoms with E-state index < -0.39 is 0 Å². The van der Waals surface area contributed by atoms with Gasteiger partial charge < -0.3 is 14.7 Å². The molecule has 29 heavy (non-hydrogen) atoms. The zero-order chi connectivity index (χ0) is 20.2. The third-order valence-electron chi connectivity index (χ3n) is 5.59. The van der Waals surface area contributed by atoms with E-state index in [-0.39, 0.29) is 17.4 Å². The summed E-state index contributed by atoms with van der Waals surface area (Å²) in [6, 6.07) is 9.09. The van der Waals surface area contributed by atoms with Gasteiger partial charge >= 0.3 is 0 Å². The van der Waals surface area contributed by atoms with Crippen LogP contribution in [0.1, 0.15) is 54.4 Å². The largest absolute Gasteiger partial charge is 0.506 e. The third kappa shape index (κ3) is 4.94. The summed E-state index contributed by atoms with van der Waals surface area (Å²) in [5, 5.41) is 8.96. The number of aromatic hydroxyl groups is 1. The number of hydrogen-bond acceptors (Lipinski definition) is 5. The maximum Gasteiger partial charge on any atom is 0.227 e. The number of nitrogens with zero attached hydrogens (tertiary/aromatic N) is 2. The van der Waals surface area contributed by atoms with Crippen LogP contribution in [0.3, 0.4) is 0 Å². The fourth-order valence-electron chi connectivity index (χ4n) is 3.71. The van der Waals surface area contributed by atoms with Crippen molar-refractivity contribution < 1.29 is 19.4 Å². The predicted molar refractivity (Wildman–Crippen MR) is 109 cm³/mol. The average molecular weight is 394 g/mol. The van der Waals surface area contributed by atoms with E-state index in [9.17, 15) is 9.59 Å². The lowest BCUT2D eigenvalue weighted by Gasteiger charge is -2.16. The Balaban J connectivity index is 0.000000145. The van der Waals surface area contributed by atoms with Crippen molar-refractivity contribution in [3.63, 3.8) is 0 Å². The molecule has 1 aromatic carbocycles. The van der Waals surface area contributed by atoms with E-state index >= 15 is 0 Å². The van der Waals surface area contributed by atoms with Crippen LogP contribution in [-0.2, 0) is 11.2 Å². The Labute approximate surface area is 170 Å². The number of ketones is 1. The standard InChI is InChI=1S/C13H13NO2.C10H13NO2/c15-12-6-4-9-3-5-10(8-11(9)12)14-7-1-2-13(14)16;12-9-3-4-10(11-7-9)13-6-5-8-1-2-8/h3,5,8H,1-2,4,6-7H2;3-4,7-8,12H,1-2,5-6H2. The molecule has 1 amide bonds. The number of carbonyl (C=O) groups excluding carboxylic acids is 2. The lowest BCUT2D eigenvalue weighted by atomic mass is 10.1. The number of amides is 1. The van der Waals surface area contributed by atoms with Gasteiger partial charge in [-0.25, -0.2) is 4.98 Å². The number of Topliss-reactive ketones (excluding diaryl/α,β-unsaturated/α-hetero) is 1. The van der Waals surface area contributed by atoms with Gasteiger partial charge in [0.25, 0.3) is 0 Å². The molecule has 6 heteroatoms. The molecule has 0 atom stereocenters. The second kappa shape index (κ2) is 8.64. The monoisotopic (exact) mass is 394 g/mol. The average Bonchev–Trinajstić information content (AvgIpc) is 3.34. The molecule has 1 N–H and O–H groups in total. The van der Waals surface area contributed by atoms with Crippen molar-refractivity contribution in [2.45, 2.75) is 44.9 Å². The number of fused-ring (bicyclic) bond motifs is 1. The van der Waals surface area contributed by atoms with Gasteiger partial charge in [0.1, 0.15) is 5.75 Å². The number of benzene rings is 1. The minimum Gasteiger partial charge on any atom is -0.506 e. The minimum absolute atomic E-state index is 0.172. The number of aryl methyl sites for hydroxylation is 1. The van der Waals surface area contributed by atoms with Gasteiger partial charge in [-0.3, -0.25) is 9.59 Å². The summed E-state index contributed by atoms with van der Waals surface area (Å²) in [6.45, 7) is 1.52. The van der Waals surface area contributed by atoms with Crippen molar-refractivity contribution in [3.05, 3.63) is 47.7 Å². The second-order valence-corrected chi connectivity index (χ2v) is 7.85. The molecule has 2 aliphatic carbocycles. The zero-order valence-corrected chi connectivity index (χ0v) is 16.5. The highest BCUT2D eigenvalue weighted by Gasteiger charge is 2.25. The summed E-state index contributed by atoms with van der Waals surface area (Å²) in [7, 11) is 0. The molecule has 1 aliphatic heterocycles. The normalized spacial score (nSPS) is 17.7. The Hall–Kier alpha value is -2.89. The van der Waals surface area contributed by atoms with Crippen LogP contribution < -0.4 is 9.64 Å². The van der Waals surface area contributed by atoms with E-state index in [0.29, 0.717) is 18.7 Å². The van der Waals surface area contributed by atoms with E-state index in [0.717, 1.165) is 55.1 Å². The SMILES string of the molecule is O=C1CCc2ccc(N3CCCC3=O)cc21.Oc1ccc(OCCC2CC2)nc1. The molecule has 1 saturated heterocycles. The van der Waals surface area contributed by atoms with Crippen LogP contribution in [0.15, 0.2) is 36.5 Å². The molecule has 3 aliphatic rings. The molecule has 2 fully saturated rings. The van der Waals surface area contributed by atoms with Crippen LogP contribution in [0.25, 0.3) is 0 Å². The third-order valence-corrected chi connectivity index (χ3v) is 5.59. The Kier molecular flexibility index (Phi) is 5.79. The van der Waals surface area contributed by atoms with Gasteiger partial charge in [-0.1, -0.05) is 18.9 Å². The highest BCUT2D eigenvalue weighted by molar-refractivity contribution is 6.03. The quantitative estimate of drug-likeness (QED) is 0.832. The van der Waals surface area contributed by atoms with Crippen LogP contribution >= 0.6 is 0 Å². The van der Waals surface area contributed by atoms with Gasteiger partial charge in [0.15, 0.2) is 5.78 Å². The number of carbonyl (C=O) groups is 2. The van der Waals surface area contributed by atoms with E-state index in [2.05, 4.69) is 4.98 Å². The Morgan fingerprint density at radius 2 is 1.97 bits per heavy atom. The Morgan fingerprint density at radius 3 is 2.66 bits per heavy atom. The number of aromatic nitrogens is 1. The van der Waals surface area contributed by atoms with Gasteiger partial charge in [0.2, 0.25) is 11.8 Å². The molecule has 5 rings (SSSR count). The predicted octanol–water partition coefficient (Wildman–Crippen LogP) is 3.91. The number of anilines is 1. The number of rotatable bonds is 5. The second-order valence-electron chi connectivity index (χ2n) is 7.85. The van der Waals surface area contributed by atoms with Gasteiger partial charge in [-0.15, -0.1) is 0 Å². The molecule has 6 nitrogen and oxygen atoms in total. The van der Waals surface area contributed by atoms with Crippen molar-refractivity contribution in [3.8, 4) is 11.6 Å². The summed E-state index contributed by atoms with van der Waals surface area (Å²) in [4.78, 5) is 28.9. The highest BCUT2D eigenvalue weighted by Crippen LogP contribution is 2.32. The Morgan fingerprint density at radius 1 is 1.10 bits per heavy atom. The van der Waals surface area contributed by atoms with E-state index in [1.165, 1.54) is 19.0 Å². The summed E-state index contributed by atoms with van der Waals surface area (Å²) in [5.74, 6) is 2.04. The molecule has 0 radical (unpaired) electrons. The molecule has 2 aromatic rings. The van der Waals surface area contributed by atoms with Crippen LogP contribution in [-0.4, -0.2) is 34.9 Å². The maximum atomic E-state index is 11.6. The first-order valence-corrected chi connectivity index (χ1v) is 10.3. The first kappa shape index (κ1) is 19.4. The van der Waals surface area contributed by atoms with E-state index in [4.69, 9.17) is 9.84 Å². The summed E-state index contributed by atoms with van der Waals surface area (Å²) >= 11 is 0. The molecule has 0 bridgehead atoms. The molecule has 2 heterocycles. The molecule has 0 spiro atoms. The molecular weight excluding hydrogens is 368 g/mol. The van der Waals surface area contributed by atoms with Crippen molar-refractivity contribution >= 4 is 17.4 Å². The first-order chi connectivity index (χ1) is 14.1. The van der Waals surface area contributed by atoms with E-state index in [1.807, 2.05) is 18.2 Å². The smallest absolute Gasteiger partial charge is 0.227 e. The van der Waals surface area contributed by atoms with E-state index in [1.54, 1.807) is 17.0 Å². The minimum atomic E-state index is 0.172. The lowest BCUT2D eigenvalue weighted by Crippen LogP contribution is -2.23. The van der Waals surface area contributed by atoms with Gasteiger partial charge in [-0.05, 0) is 48.9 Å². The zero-order valence-electron chi connectivity index (χ0n) is 16.5. The molecule has 152 valence electrons. The number of hydrogen-bond donors (Lipinski definition) is 1. The first-order valence-electron chi connectivity index (χ1n) is 10.3. The van der Waals surface area contributed by atoms with Crippen molar-refractivity contribution in [2.75, 3.05) is 18.1 Å². The van der Waals surface area contributed by atoms with Crippen LogP contribution in [0, 0.1) is 5.92 Å². The summed E-state index contributed by atoms with van der Waals surface area (Å²) in [6.07, 6.45) is 8.25. The molecular formula is C23H26N2O4. The van der Waals surface area contributed by atoms with Crippen LogP contribution in [0.5, 0.6) is 11.6 Å². The van der Waals surface area contributed by atoms with Gasteiger partial charge in [-0.2, -0.15) is 0 Å². The lowest BCUT2D eigenvalue weighted by molar-refractivity contribution is -0.117. The van der Waals surface area contributed by atoms with Crippen molar-refractivity contribution in [2.24, 2.45) is 5.92 Å². The summed E-state index contributed by atoms with van der Waals surface area (Å²) in [5.41, 5.74) is 2.83. The molecule has 1 saturated carbocycles. The summed E-state index contributed by atoms with van der Waals surface area (Å²) < 4.78 is 5.39. The fraction of sp³-hybridized carbons (Fsp3) is 0.435. The van der Waals surface area contributed by atoms with Crippen molar-refractivity contribution in [1.29, 1.82) is 0 Å². The van der Waals surface area contributed by atoms with Gasteiger partial charge in [0.05, 0.1) is 12.8 Å². The van der Waals surface area contributed by atoms with Gasteiger partial charge in [0, 0.05) is 36.7 Å². The maximum absolute atomic E-state index is 11.6. The molecule has 0 unspecified atom stereocenters. The number of pyridine rings is 1. The van der Waals surface area contributed by atoms with Crippen LogP contribution in [0.2, 0.25) is 0 Å². The van der Waals surface area contributed by atoms with Crippen LogP contribution in [0.4, 0.5) is 5.69 Å². The Bertz CT molecular complexity index is 890. The van der Waals surface area contributed by atoms with Crippen molar-refractivity contribution in [1.82, 2.24) is 4.98 Å². The molecule has 1 aromatic heterocycles. The number of ether oxygens (including phenoxy) is 1. The highest BCUT2D eigenvalue weighted by atomic mass is 16.5.